The van der Waals surface area contributed by atoms with Crippen LogP contribution in [0, 0.1) is 0 Å². The third-order valence-electron chi connectivity index (χ3n) is 7.10. The first-order chi connectivity index (χ1) is 17.9. The van der Waals surface area contributed by atoms with Crippen LogP contribution in [-0.2, 0) is 17.9 Å². The Kier molecular flexibility index (Phi) is 7.05. The number of β-amino-alcohol motifs (C(OH)–C–C–N with tert-alkyl or cyclic N) is 1. The second-order valence-corrected chi connectivity index (χ2v) is 9.82. The van der Waals surface area contributed by atoms with Crippen LogP contribution in [0.4, 0.5) is 5.82 Å². The molecule has 1 saturated heterocycles. The van der Waals surface area contributed by atoms with Crippen LogP contribution in [0.2, 0.25) is 0 Å². The molecule has 37 heavy (non-hydrogen) atoms. The number of aromatic nitrogens is 5. The molecule has 10 heteroatoms. The lowest BCUT2D eigenvalue weighted by Gasteiger charge is -2.42. The van der Waals surface area contributed by atoms with E-state index in [1.54, 1.807) is 12.5 Å². The number of carbonyl (C=O) groups is 1. The Balaban J connectivity index is 1.34. The van der Waals surface area contributed by atoms with Gasteiger partial charge in [0, 0.05) is 44.8 Å². The molecule has 0 bridgehead atoms. The van der Waals surface area contributed by atoms with Crippen molar-refractivity contribution in [1.29, 1.82) is 0 Å². The van der Waals surface area contributed by atoms with Gasteiger partial charge in [0.05, 0.1) is 30.3 Å². The number of piperidine rings is 1. The zero-order valence-electron chi connectivity index (χ0n) is 21.2. The standard InChI is InChI=1S/C27H33N7O3/c1-3-32(16-21-5-7-22(8-6-21)34-12-4-11-30-34)25-23-9-13-33(26(23)29-19-28-25)18-27(37)10-14-31(15-20(2)35)17-24(27)36/h4-9,11-13,19,24,36-37H,3,10,14-18H2,1-2H3/t24-,27-/m1/s1. The van der Waals surface area contributed by atoms with Gasteiger partial charge in [-0.15, -0.1) is 0 Å². The van der Waals surface area contributed by atoms with Gasteiger partial charge in [-0.05, 0) is 50.1 Å². The first kappa shape index (κ1) is 25.1. The highest BCUT2D eigenvalue weighted by Gasteiger charge is 2.41. The Morgan fingerprint density at radius 3 is 2.68 bits per heavy atom. The molecular weight excluding hydrogens is 470 g/mol. The average molecular weight is 504 g/mol. The molecule has 1 aliphatic heterocycles. The Morgan fingerprint density at radius 2 is 2.00 bits per heavy atom. The molecule has 0 saturated carbocycles. The maximum Gasteiger partial charge on any atom is 0.145 e. The number of rotatable bonds is 9. The van der Waals surface area contributed by atoms with E-state index in [-0.39, 0.29) is 25.4 Å². The van der Waals surface area contributed by atoms with Crippen molar-refractivity contribution in [2.45, 2.75) is 45.1 Å². The second-order valence-electron chi connectivity index (χ2n) is 9.82. The van der Waals surface area contributed by atoms with E-state index < -0.39 is 11.7 Å². The van der Waals surface area contributed by atoms with Gasteiger partial charge in [-0.2, -0.15) is 5.10 Å². The van der Waals surface area contributed by atoms with Crippen molar-refractivity contribution in [3.05, 3.63) is 66.9 Å². The van der Waals surface area contributed by atoms with Gasteiger partial charge in [-0.25, -0.2) is 14.6 Å². The Bertz CT molecular complexity index is 1350. The SMILES string of the molecule is CCN(Cc1ccc(-n2cccn2)cc1)c1ncnc2c1ccn2C[C@]1(O)CCN(CC(C)=O)C[C@H]1O. The number of anilines is 1. The topological polar surface area (TPSA) is 113 Å². The van der Waals surface area contributed by atoms with Crippen LogP contribution in [0.5, 0.6) is 0 Å². The van der Waals surface area contributed by atoms with E-state index in [0.29, 0.717) is 25.2 Å². The lowest BCUT2D eigenvalue weighted by Crippen LogP contribution is -2.58. The number of fused-ring (bicyclic) bond motifs is 1. The molecule has 0 amide bonds. The molecule has 4 heterocycles. The van der Waals surface area contributed by atoms with Crippen molar-refractivity contribution in [2.24, 2.45) is 0 Å². The fraction of sp³-hybridized carbons (Fsp3) is 0.407. The number of Topliss-reactive ketones (excluding diaryl/α,β-unsaturated/α-hetero) is 1. The Labute approximate surface area is 215 Å². The number of hydrogen-bond acceptors (Lipinski definition) is 8. The third-order valence-corrected chi connectivity index (χ3v) is 7.10. The molecular formula is C27H33N7O3. The van der Waals surface area contributed by atoms with Gasteiger partial charge < -0.3 is 19.7 Å². The van der Waals surface area contributed by atoms with Crippen molar-refractivity contribution in [1.82, 2.24) is 29.2 Å². The normalized spacial score (nSPS) is 20.4. The number of benzene rings is 1. The van der Waals surface area contributed by atoms with Crippen molar-refractivity contribution in [3.63, 3.8) is 0 Å². The molecule has 5 rings (SSSR count). The van der Waals surface area contributed by atoms with Gasteiger partial charge in [0.25, 0.3) is 0 Å². The molecule has 0 aliphatic carbocycles. The van der Waals surface area contributed by atoms with Gasteiger partial charge in [-0.3, -0.25) is 9.69 Å². The summed E-state index contributed by atoms with van der Waals surface area (Å²) in [6.45, 7) is 6.38. The molecule has 2 atom stereocenters. The maximum absolute atomic E-state index is 11.5. The van der Waals surface area contributed by atoms with Crippen molar-refractivity contribution in [2.75, 3.05) is 31.1 Å². The number of carbonyl (C=O) groups excluding carboxylic acids is 1. The fourth-order valence-electron chi connectivity index (χ4n) is 5.06. The monoisotopic (exact) mass is 503 g/mol. The highest BCUT2D eigenvalue weighted by Crippen LogP contribution is 2.29. The Morgan fingerprint density at radius 1 is 1.19 bits per heavy atom. The molecule has 194 valence electrons. The number of nitrogens with zero attached hydrogens (tertiary/aromatic N) is 7. The maximum atomic E-state index is 11.5. The third kappa shape index (κ3) is 5.27. The lowest BCUT2D eigenvalue weighted by molar-refractivity contribution is -0.134. The number of hydrogen-bond donors (Lipinski definition) is 2. The summed E-state index contributed by atoms with van der Waals surface area (Å²) in [4.78, 5) is 24.7. The quantitative estimate of drug-likeness (QED) is 0.357. The molecule has 0 radical (unpaired) electrons. The number of aliphatic hydroxyl groups excluding tert-OH is 1. The van der Waals surface area contributed by atoms with E-state index >= 15 is 0 Å². The summed E-state index contributed by atoms with van der Waals surface area (Å²) in [7, 11) is 0. The largest absolute Gasteiger partial charge is 0.389 e. The summed E-state index contributed by atoms with van der Waals surface area (Å²) in [5.74, 6) is 0.874. The van der Waals surface area contributed by atoms with Crippen molar-refractivity contribution in [3.8, 4) is 5.69 Å². The second kappa shape index (κ2) is 10.4. The van der Waals surface area contributed by atoms with E-state index in [0.717, 1.165) is 29.0 Å². The van der Waals surface area contributed by atoms with Crippen LogP contribution in [0.1, 0.15) is 25.8 Å². The minimum absolute atomic E-state index is 0.0487. The van der Waals surface area contributed by atoms with E-state index in [4.69, 9.17) is 0 Å². The summed E-state index contributed by atoms with van der Waals surface area (Å²) in [6, 6.07) is 12.2. The minimum atomic E-state index is -1.30. The average Bonchev–Trinajstić information content (AvgIpc) is 3.56. The highest BCUT2D eigenvalue weighted by atomic mass is 16.3. The summed E-state index contributed by atoms with van der Waals surface area (Å²) < 4.78 is 3.72. The van der Waals surface area contributed by atoms with Crippen LogP contribution in [0.15, 0.2) is 61.3 Å². The van der Waals surface area contributed by atoms with Gasteiger partial charge >= 0.3 is 0 Å². The lowest BCUT2D eigenvalue weighted by atomic mass is 9.88. The van der Waals surface area contributed by atoms with Gasteiger partial charge in [0.1, 0.15) is 29.2 Å². The van der Waals surface area contributed by atoms with Crippen LogP contribution >= 0.6 is 0 Å². The van der Waals surface area contributed by atoms with Gasteiger partial charge in [0.2, 0.25) is 0 Å². The zero-order valence-corrected chi connectivity index (χ0v) is 21.2. The first-order valence-electron chi connectivity index (χ1n) is 12.6. The molecule has 1 aliphatic rings. The molecule has 10 nitrogen and oxygen atoms in total. The smallest absolute Gasteiger partial charge is 0.145 e. The number of aliphatic hydroxyl groups is 2. The van der Waals surface area contributed by atoms with Crippen molar-refractivity contribution >= 4 is 22.6 Å². The zero-order chi connectivity index (χ0) is 26.0. The summed E-state index contributed by atoms with van der Waals surface area (Å²) >= 11 is 0. The molecule has 2 N–H and O–H groups in total. The van der Waals surface area contributed by atoms with Crippen LogP contribution < -0.4 is 4.90 Å². The summed E-state index contributed by atoms with van der Waals surface area (Å²) in [5.41, 5.74) is 1.57. The van der Waals surface area contributed by atoms with Crippen LogP contribution in [-0.4, -0.2) is 83.1 Å². The van der Waals surface area contributed by atoms with E-state index in [1.807, 2.05) is 38.7 Å². The summed E-state index contributed by atoms with van der Waals surface area (Å²) in [5, 5.41) is 27.2. The fourth-order valence-corrected chi connectivity index (χ4v) is 5.06. The van der Waals surface area contributed by atoms with Crippen molar-refractivity contribution < 1.29 is 15.0 Å². The Hall–Kier alpha value is -3.60. The predicted molar refractivity (Wildman–Crippen MR) is 141 cm³/mol. The highest BCUT2D eigenvalue weighted by molar-refractivity contribution is 5.87. The van der Waals surface area contributed by atoms with E-state index in [9.17, 15) is 15.0 Å². The molecule has 0 spiro atoms. The van der Waals surface area contributed by atoms with Gasteiger partial charge in [0.15, 0.2) is 0 Å². The molecule has 1 fully saturated rings. The molecule has 0 unspecified atom stereocenters. The summed E-state index contributed by atoms with van der Waals surface area (Å²) in [6.07, 6.45) is 6.53. The minimum Gasteiger partial charge on any atom is -0.389 e. The van der Waals surface area contributed by atoms with Crippen LogP contribution in [0.25, 0.3) is 16.7 Å². The first-order valence-corrected chi connectivity index (χ1v) is 12.6. The van der Waals surface area contributed by atoms with E-state index in [2.05, 4.69) is 51.2 Å². The number of likely N-dealkylation sites (tertiary alicyclic amines) is 1. The van der Waals surface area contributed by atoms with Crippen LogP contribution in [0.3, 0.4) is 0 Å². The van der Waals surface area contributed by atoms with E-state index in [1.165, 1.54) is 6.92 Å². The van der Waals surface area contributed by atoms with Gasteiger partial charge in [-0.1, -0.05) is 12.1 Å². The molecule has 1 aromatic carbocycles. The molecule has 3 aromatic heterocycles. The number of ketones is 1. The molecule has 4 aromatic rings. The predicted octanol–water partition coefficient (Wildman–Crippen LogP) is 2.03.